The molecule has 7 nitrogen and oxygen atoms in total. The zero-order valence-electron chi connectivity index (χ0n) is 20.6. The zero-order valence-corrected chi connectivity index (χ0v) is 20.6. The normalized spacial score (nSPS) is 18.0. The van der Waals surface area contributed by atoms with Gasteiger partial charge in [0.05, 0.1) is 19.1 Å². The number of rotatable bonds is 13. The Bertz CT molecular complexity index is 978. The standard InChI is InChI=1S/C28H36N2O5/c1-3-4-15-24(29-18-21-13-8-9-17-26(21)34-2)27(32)30-23-16-10-14-22(23)28(33)35-19-25(31)20-11-6-5-7-12-20/h5-9,11-13,17,22-24,29H,3-4,10,14-16,18-19H2,1-2H3,(H,30,32)/t22-,23+,24+/m1/s1. The Morgan fingerprint density at radius 1 is 1.03 bits per heavy atom. The fourth-order valence-corrected chi connectivity index (χ4v) is 4.47. The Kier molecular flexibility index (Phi) is 10.3. The van der Waals surface area contributed by atoms with E-state index in [1.807, 2.05) is 30.3 Å². The van der Waals surface area contributed by atoms with Crippen molar-refractivity contribution < 1.29 is 23.9 Å². The van der Waals surface area contributed by atoms with Crippen LogP contribution in [0.2, 0.25) is 0 Å². The van der Waals surface area contributed by atoms with Gasteiger partial charge in [0, 0.05) is 23.7 Å². The summed E-state index contributed by atoms with van der Waals surface area (Å²) in [6.45, 7) is 2.30. The van der Waals surface area contributed by atoms with Crippen LogP contribution in [0.1, 0.15) is 61.4 Å². The van der Waals surface area contributed by atoms with Crippen LogP contribution in [0.25, 0.3) is 0 Å². The summed E-state index contributed by atoms with van der Waals surface area (Å²) < 4.78 is 10.8. The molecule has 1 aliphatic rings. The third kappa shape index (κ3) is 7.65. The van der Waals surface area contributed by atoms with E-state index < -0.39 is 11.9 Å². The molecule has 0 bridgehead atoms. The molecule has 0 unspecified atom stereocenters. The number of para-hydroxylation sites is 1. The smallest absolute Gasteiger partial charge is 0.311 e. The largest absolute Gasteiger partial charge is 0.496 e. The first kappa shape index (κ1) is 26.4. The predicted molar refractivity (Wildman–Crippen MR) is 134 cm³/mol. The molecule has 35 heavy (non-hydrogen) atoms. The molecule has 1 saturated carbocycles. The minimum Gasteiger partial charge on any atom is -0.496 e. The summed E-state index contributed by atoms with van der Waals surface area (Å²) >= 11 is 0. The summed E-state index contributed by atoms with van der Waals surface area (Å²) in [5.74, 6) is -0.442. The zero-order chi connectivity index (χ0) is 25.0. The number of unbranched alkanes of at least 4 members (excludes halogenated alkanes) is 1. The van der Waals surface area contributed by atoms with Crippen LogP contribution in [0.5, 0.6) is 5.75 Å². The van der Waals surface area contributed by atoms with Gasteiger partial charge in [-0.3, -0.25) is 14.4 Å². The number of nitrogens with one attached hydrogen (secondary N) is 2. The number of methoxy groups -OCH3 is 1. The molecule has 1 amide bonds. The number of hydrogen-bond acceptors (Lipinski definition) is 6. The van der Waals surface area contributed by atoms with Crippen molar-refractivity contribution in [1.29, 1.82) is 0 Å². The molecule has 3 atom stereocenters. The maximum atomic E-state index is 13.2. The van der Waals surface area contributed by atoms with E-state index in [1.165, 1.54) is 0 Å². The topological polar surface area (TPSA) is 93.7 Å². The van der Waals surface area contributed by atoms with Crippen LogP contribution < -0.4 is 15.4 Å². The fourth-order valence-electron chi connectivity index (χ4n) is 4.47. The molecule has 3 rings (SSSR count). The summed E-state index contributed by atoms with van der Waals surface area (Å²) in [7, 11) is 1.63. The van der Waals surface area contributed by atoms with Crippen molar-refractivity contribution >= 4 is 17.7 Å². The van der Waals surface area contributed by atoms with Gasteiger partial charge in [0.25, 0.3) is 0 Å². The molecule has 1 fully saturated rings. The number of amides is 1. The molecule has 7 heteroatoms. The number of hydrogen-bond donors (Lipinski definition) is 2. The fraction of sp³-hybridized carbons (Fsp3) is 0.464. The number of ether oxygens (including phenoxy) is 2. The number of esters is 1. The van der Waals surface area contributed by atoms with Crippen molar-refractivity contribution in [3.63, 3.8) is 0 Å². The third-order valence-electron chi connectivity index (χ3n) is 6.48. The average Bonchev–Trinajstić information content (AvgIpc) is 3.35. The van der Waals surface area contributed by atoms with Crippen LogP contribution in [0.3, 0.4) is 0 Å². The van der Waals surface area contributed by atoms with Gasteiger partial charge < -0.3 is 20.1 Å². The molecule has 2 N–H and O–H groups in total. The minimum absolute atomic E-state index is 0.113. The summed E-state index contributed by atoms with van der Waals surface area (Å²) in [5, 5.41) is 6.45. The molecular weight excluding hydrogens is 444 g/mol. The molecule has 2 aromatic rings. The second-order valence-corrected chi connectivity index (χ2v) is 8.94. The van der Waals surface area contributed by atoms with E-state index in [-0.39, 0.29) is 30.4 Å². The van der Waals surface area contributed by atoms with Crippen LogP contribution in [0, 0.1) is 5.92 Å². The molecule has 0 radical (unpaired) electrons. The van der Waals surface area contributed by atoms with E-state index >= 15 is 0 Å². The number of carbonyl (C=O) groups excluding carboxylic acids is 3. The average molecular weight is 481 g/mol. The van der Waals surface area contributed by atoms with Gasteiger partial charge in [0.2, 0.25) is 5.91 Å². The van der Waals surface area contributed by atoms with E-state index in [9.17, 15) is 14.4 Å². The van der Waals surface area contributed by atoms with Crippen molar-refractivity contribution in [2.45, 2.75) is 64.1 Å². The Hall–Kier alpha value is -3.19. The quantitative estimate of drug-likeness (QED) is 0.332. The van der Waals surface area contributed by atoms with Gasteiger partial charge in [-0.05, 0) is 25.3 Å². The van der Waals surface area contributed by atoms with Crippen LogP contribution >= 0.6 is 0 Å². The highest BCUT2D eigenvalue weighted by Gasteiger charge is 2.36. The molecule has 1 aliphatic carbocycles. The predicted octanol–water partition coefficient (Wildman–Crippen LogP) is 4.05. The Morgan fingerprint density at radius 2 is 1.77 bits per heavy atom. The van der Waals surface area contributed by atoms with E-state index in [0.29, 0.717) is 31.4 Å². The van der Waals surface area contributed by atoms with Gasteiger partial charge >= 0.3 is 5.97 Å². The second-order valence-electron chi connectivity index (χ2n) is 8.94. The van der Waals surface area contributed by atoms with Crippen LogP contribution in [0.4, 0.5) is 0 Å². The maximum absolute atomic E-state index is 13.2. The van der Waals surface area contributed by atoms with Crippen LogP contribution in [-0.2, 0) is 20.9 Å². The summed E-state index contributed by atoms with van der Waals surface area (Å²) in [6, 6.07) is 15.8. The second kappa shape index (κ2) is 13.6. The van der Waals surface area contributed by atoms with Crippen molar-refractivity contribution in [1.82, 2.24) is 10.6 Å². The lowest BCUT2D eigenvalue weighted by Crippen LogP contribution is -2.49. The highest BCUT2D eigenvalue weighted by atomic mass is 16.5. The van der Waals surface area contributed by atoms with E-state index in [1.54, 1.807) is 31.4 Å². The molecule has 188 valence electrons. The van der Waals surface area contributed by atoms with Crippen LogP contribution in [0.15, 0.2) is 54.6 Å². The lowest BCUT2D eigenvalue weighted by molar-refractivity contribution is -0.148. The van der Waals surface area contributed by atoms with Crippen molar-refractivity contribution in [3.8, 4) is 5.75 Å². The minimum atomic E-state index is -0.441. The molecule has 0 spiro atoms. The van der Waals surface area contributed by atoms with Crippen molar-refractivity contribution in [3.05, 3.63) is 65.7 Å². The SMILES string of the molecule is CCCC[C@H](NCc1ccccc1OC)C(=O)N[C@H]1CCC[C@H]1C(=O)OCC(=O)c1ccccc1. The Morgan fingerprint density at radius 3 is 2.51 bits per heavy atom. The monoisotopic (exact) mass is 480 g/mol. The molecule has 0 aromatic heterocycles. The van der Waals surface area contributed by atoms with E-state index in [4.69, 9.17) is 9.47 Å². The molecule has 2 aromatic carbocycles. The molecule has 0 saturated heterocycles. The van der Waals surface area contributed by atoms with E-state index in [0.717, 1.165) is 30.6 Å². The lowest BCUT2D eigenvalue weighted by atomic mass is 10.0. The summed E-state index contributed by atoms with van der Waals surface area (Å²) in [4.78, 5) is 38.2. The van der Waals surface area contributed by atoms with Gasteiger partial charge in [-0.15, -0.1) is 0 Å². The first-order valence-corrected chi connectivity index (χ1v) is 12.4. The van der Waals surface area contributed by atoms with Crippen LogP contribution in [-0.4, -0.2) is 43.5 Å². The Labute approximate surface area is 207 Å². The van der Waals surface area contributed by atoms with E-state index in [2.05, 4.69) is 17.6 Å². The van der Waals surface area contributed by atoms with Gasteiger partial charge in [-0.2, -0.15) is 0 Å². The van der Waals surface area contributed by atoms with Gasteiger partial charge in [-0.1, -0.05) is 74.7 Å². The number of benzene rings is 2. The summed E-state index contributed by atoms with van der Waals surface area (Å²) in [6.07, 6.45) is 4.77. The van der Waals surface area contributed by atoms with Gasteiger partial charge in [0.15, 0.2) is 12.4 Å². The first-order valence-electron chi connectivity index (χ1n) is 12.4. The van der Waals surface area contributed by atoms with Crippen molar-refractivity contribution in [2.75, 3.05) is 13.7 Å². The van der Waals surface area contributed by atoms with Crippen molar-refractivity contribution in [2.24, 2.45) is 5.92 Å². The maximum Gasteiger partial charge on any atom is 0.311 e. The number of Topliss-reactive ketones (excluding diaryl/α,β-unsaturated/α-hetero) is 1. The Balaban J connectivity index is 1.56. The number of carbonyl (C=O) groups is 3. The molecule has 0 heterocycles. The highest BCUT2D eigenvalue weighted by molar-refractivity contribution is 5.98. The molecule has 0 aliphatic heterocycles. The highest BCUT2D eigenvalue weighted by Crippen LogP contribution is 2.27. The number of ketones is 1. The van der Waals surface area contributed by atoms with Gasteiger partial charge in [0.1, 0.15) is 5.75 Å². The molecular formula is C28H36N2O5. The lowest BCUT2D eigenvalue weighted by Gasteiger charge is -2.24. The first-order chi connectivity index (χ1) is 17.0. The summed E-state index contributed by atoms with van der Waals surface area (Å²) in [5.41, 5.74) is 1.49. The van der Waals surface area contributed by atoms with Gasteiger partial charge in [-0.25, -0.2) is 0 Å². The third-order valence-corrected chi connectivity index (χ3v) is 6.48.